The highest BCUT2D eigenvalue weighted by molar-refractivity contribution is 9.07. The molecule has 0 heterocycles. The van der Waals surface area contributed by atoms with E-state index in [1.54, 1.807) is 14.0 Å². The summed E-state index contributed by atoms with van der Waals surface area (Å²) < 4.78 is 1.45. The Balaban J connectivity index is 3.64. The Morgan fingerprint density at radius 2 is 2.25 bits per heavy atom. The van der Waals surface area contributed by atoms with E-state index in [4.69, 9.17) is 5.11 Å². The van der Waals surface area contributed by atoms with Crippen LogP contribution < -0.4 is 0 Å². The number of carboxylic acid groups (broad SMARTS) is 1. The van der Waals surface area contributed by atoms with Crippen molar-refractivity contribution in [2.45, 2.75) is 13.0 Å². The molecule has 3 nitrogen and oxygen atoms in total. The molecule has 1 N–H and O–H groups in total. The molecule has 0 radical (unpaired) electrons. The fourth-order valence-electron chi connectivity index (χ4n) is 0.152. The maximum Gasteiger partial charge on any atom is 0.321 e. The second kappa shape index (κ2) is 3.04. The molecule has 0 aliphatic rings. The largest absolute Gasteiger partial charge is 0.480 e. The molecule has 0 aromatic heterocycles. The molecule has 4 heteroatoms. The first-order valence-electron chi connectivity index (χ1n) is 2.17. The minimum atomic E-state index is -0.829. The number of likely N-dealkylation sites (N-methyl/N-ethyl adjacent to an activating group) is 1. The molecule has 1 atom stereocenters. The summed E-state index contributed by atoms with van der Waals surface area (Å²) in [5.74, 6) is -0.829. The van der Waals surface area contributed by atoms with Crippen LogP contribution in [0.5, 0.6) is 0 Å². The predicted molar refractivity (Wildman–Crippen MR) is 33.8 cm³/mol. The van der Waals surface area contributed by atoms with E-state index in [1.807, 2.05) is 0 Å². The summed E-state index contributed by atoms with van der Waals surface area (Å²) in [4.78, 5) is 10.1. The van der Waals surface area contributed by atoms with Gasteiger partial charge in [-0.05, 0) is 14.0 Å². The number of hydrogen-bond acceptors (Lipinski definition) is 2. The van der Waals surface area contributed by atoms with Gasteiger partial charge in [0.15, 0.2) is 0 Å². The van der Waals surface area contributed by atoms with Crippen molar-refractivity contribution in [2.75, 3.05) is 7.05 Å². The quantitative estimate of drug-likeness (QED) is 0.639. The standard InChI is InChI=1S/C4H8BrNO2/c1-3(4(7)8)6(2)5/h3H,1-2H3,(H,7,8). The summed E-state index contributed by atoms with van der Waals surface area (Å²) >= 11 is 2.99. The van der Waals surface area contributed by atoms with Gasteiger partial charge in [0, 0.05) is 16.1 Å². The predicted octanol–water partition coefficient (Wildman–Crippen LogP) is 0.701. The van der Waals surface area contributed by atoms with Crippen molar-refractivity contribution in [2.24, 2.45) is 0 Å². The Morgan fingerprint density at radius 3 is 2.25 bits per heavy atom. The van der Waals surface area contributed by atoms with Gasteiger partial charge >= 0.3 is 5.97 Å². The van der Waals surface area contributed by atoms with Crippen molar-refractivity contribution in [1.29, 1.82) is 0 Å². The minimum absolute atomic E-state index is 0.463. The van der Waals surface area contributed by atoms with Gasteiger partial charge in [0.1, 0.15) is 6.04 Å². The number of halogens is 1. The first-order chi connectivity index (χ1) is 3.55. The van der Waals surface area contributed by atoms with E-state index in [-0.39, 0.29) is 0 Å². The summed E-state index contributed by atoms with van der Waals surface area (Å²) in [6, 6.07) is -0.463. The van der Waals surface area contributed by atoms with Crippen LogP contribution in [0.15, 0.2) is 0 Å². The highest BCUT2D eigenvalue weighted by atomic mass is 79.9. The average molecular weight is 182 g/mol. The Hall–Kier alpha value is -0.0900. The summed E-state index contributed by atoms with van der Waals surface area (Å²) in [6.45, 7) is 1.59. The molecule has 0 fully saturated rings. The van der Waals surface area contributed by atoms with Crippen LogP contribution in [0.4, 0.5) is 0 Å². The average Bonchev–Trinajstić information content (AvgIpc) is 1.64. The van der Waals surface area contributed by atoms with Crippen molar-refractivity contribution >= 4 is 22.1 Å². The van der Waals surface area contributed by atoms with E-state index >= 15 is 0 Å². The van der Waals surface area contributed by atoms with E-state index in [0.717, 1.165) is 0 Å². The number of hydrogen-bond donors (Lipinski definition) is 1. The summed E-state index contributed by atoms with van der Waals surface area (Å²) in [7, 11) is 1.65. The van der Waals surface area contributed by atoms with Gasteiger partial charge in [-0.2, -0.15) is 0 Å². The maximum absolute atomic E-state index is 10.1. The molecule has 8 heavy (non-hydrogen) atoms. The third-order valence-corrected chi connectivity index (χ3v) is 1.51. The van der Waals surface area contributed by atoms with Gasteiger partial charge in [-0.25, -0.2) is 3.93 Å². The highest BCUT2D eigenvalue weighted by Crippen LogP contribution is 1.99. The third-order valence-electron chi connectivity index (χ3n) is 0.891. The second-order valence-corrected chi connectivity index (χ2v) is 2.66. The minimum Gasteiger partial charge on any atom is -0.480 e. The molecule has 0 amide bonds. The van der Waals surface area contributed by atoms with Crippen molar-refractivity contribution in [1.82, 2.24) is 3.93 Å². The normalized spacial score (nSPS) is 14.0. The molecular formula is C4H8BrNO2. The highest BCUT2D eigenvalue weighted by Gasteiger charge is 2.12. The van der Waals surface area contributed by atoms with Gasteiger partial charge in [0.25, 0.3) is 0 Å². The van der Waals surface area contributed by atoms with Crippen LogP contribution in [-0.2, 0) is 4.79 Å². The molecule has 0 aromatic rings. The van der Waals surface area contributed by atoms with Gasteiger partial charge < -0.3 is 5.11 Å². The van der Waals surface area contributed by atoms with Crippen LogP contribution in [0, 0.1) is 0 Å². The number of aliphatic carboxylic acids is 1. The fraction of sp³-hybridized carbons (Fsp3) is 0.750. The zero-order valence-electron chi connectivity index (χ0n) is 4.76. The Kier molecular flexibility index (Phi) is 3.01. The Labute approximate surface area is 56.6 Å². The van der Waals surface area contributed by atoms with Gasteiger partial charge in [-0.1, -0.05) is 0 Å². The van der Waals surface area contributed by atoms with Crippen LogP contribution >= 0.6 is 16.1 Å². The van der Waals surface area contributed by atoms with E-state index in [9.17, 15) is 4.79 Å². The molecule has 0 saturated heterocycles. The zero-order valence-corrected chi connectivity index (χ0v) is 6.34. The van der Waals surface area contributed by atoms with Crippen LogP contribution in [-0.4, -0.2) is 28.1 Å². The molecule has 0 spiro atoms. The number of nitrogens with zero attached hydrogens (tertiary/aromatic N) is 1. The lowest BCUT2D eigenvalue weighted by molar-refractivity contribution is -0.140. The van der Waals surface area contributed by atoms with Crippen molar-refractivity contribution in [3.8, 4) is 0 Å². The topological polar surface area (TPSA) is 40.5 Å². The van der Waals surface area contributed by atoms with Crippen molar-refractivity contribution in [3.05, 3.63) is 0 Å². The first-order valence-corrected chi connectivity index (χ1v) is 2.88. The molecular weight excluding hydrogens is 174 g/mol. The molecule has 48 valence electrons. The zero-order chi connectivity index (χ0) is 6.73. The van der Waals surface area contributed by atoms with E-state index in [2.05, 4.69) is 16.1 Å². The third kappa shape index (κ3) is 2.28. The Bertz CT molecular complexity index is 94.0. The summed E-state index contributed by atoms with van der Waals surface area (Å²) in [5, 5.41) is 8.28. The SMILES string of the molecule is CC(C(=O)O)N(C)Br. The van der Waals surface area contributed by atoms with Crippen LogP contribution in [0.2, 0.25) is 0 Å². The van der Waals surface area contributed by atoms with E-state index in [0.29, 0.717) is 0 Å². The van der Waals surface area contributed by atoms with Gasteiger partial charge in [-0.15, -0.1) is 0 Å². The van der Waals surface area contributed by atoms with Crippen molar-refractivity contribution < 1.29 is 9.90 Å². The molecule has 1 unspecified atom stereocenters. The number of rotatable bonds is 2. The van der Waals surface area contributed by atoms with E-state index < -0.39 is 12.0 Å². The molecule has 0 rings (SSSR count). The van der Waals surface area contributed by atoms with Crippen LogP contribution in [0.1, 0.15) is 6.92 Å². The summed E-state index contributed by atoms with van der Waals surface area (Å²) in [6.07, 6.45) is 0. The van der Waals surface area contributed by atoms with Gasteiger partial charge in [0.2, 0.25) is 0 Å². The monoisotopic (exact) mass is 181 g/mol. The maximum atomic E-state index is 10.1. The van der Waals surface area contributed by atoms with Crippen LogP contribution in [0.3, 0.4) is 0 Å². The lowest BCUT2D eigenvalue weighted by atomic mass is 10.4. The lowest BCUT2D eigenvalue weighted by Crippen LogP contribution is -2.28. The smallest absolute Gasteiger partial charge is 0.321 e. The van der Waals surface area contributed by atoms with Gasteiger partial charge in [-0.3, -0.25) is 4.79 Å². The van der Waals surface area contributed by atoms with E-state index in [1.165, 1.54) is 3.93 Å². The number of carbonyl (C=O) groups is 1. The van der Waals surface area contributed by atoms with Crippen LogP contribution in [0.25, 0.3) is 0 Å². The second-order valence-electron chi connectivity index (χ2n) is 1.54. The molecule has 0 bridgehead atoms. The fourth-order valence-corrected chi connectivity index (χ4v) is 0.327. The molecule has 0 aromatic carbocycles. The first kappa shape index (κ1) is 7.91. The lowest BCUT2D eigenvalue weighted by Gasteiger charge is -2.10. The van der Waals surface area contributed by atoms with Gasteiger partial charge in [0.05, 0.1) is 0 Å². The number of carboxylic acids is 1. The summed E-state index contributed by atoms with van der Waals surface area (Å²) in [5.41, 5.74) is 0. The molecule has 0 aliphatic carbocycles. The molecule has 0 aliphatic heterocycles. The molecule has 0 saturated carbocycles. The Morgan fingerprint density at radius 1 is 1.88 bits per heavy atom. The van der Waals surface area contributed by atoms with Crippen molar-refractivity contribution in [3.63, 3.8) is 0 Å².